The molecular weight excluding hydrogens is 230 g/mol. The topological polar surface area (TPSA) is 56.1 Å². The highest BCUT2D eigenvalue weighted by Crippen LogP contribution is 2.27. The number of fused-ring (bicyclic) bond motifs is 1. The Bertz CT molecular complexity index is 575. The monoisotopic (exact) mass is 247 g/mol. The molecule has 2 aromatic rings. The molecule has 0 aliphatic rings. The molecule has 0 saturated carbocycles. The molecule has 5 nitrogen and oxygen atoms in total. The number of hydrogen-bond donors (Lipinski definition) is 1. The van der Waals surface area contributed by atoms with Crippen LogP contribution in [0.2, 0.25) is 0 Å². The molecule has 2 rings (SSSR count). The molecule has 0 fully saturated rings. The Morgan fingerprint density at radius 3 is 2.89 bits per heavy atom. The zero-order chi connectivity index (χ0) is 13.1. The number of rotatable bonds is 4. The average molecular weight is 247 g/mol. The first-order valence-electron chi connectivity index (χ1n) is 6.05. The molecule has 0 bridgehead atoms. The second-order valence-corrected chi connectivity index (χ2v) is 4.00. The number of carbonyl (C=O) groups is 1. The minimum atomic E-state index is -0.00352. The van der Waals surface area contributed by atoms with Crippen molar-refractivity contribution in [3.05, 3.63) is 18.2 Å². The molecule has 0 unspecified atom stereocenters. The van der Waals surface area contributed by atoms with E-state index >= 15 is 0 Å². The Morgan fingerprint density at radius 1 is 1.44 bits per heavy atom. The molecule has 18 heavy (non-hydrogen) atoms. The smallest absolute Gasteiger partial charge is 0.240 e. The quantitative estimate of drug-likeness (QED) is 0.902. The lowest BCUT2D eigenvalue weighted by Crippen LogP contribution is -2.09. The lowest BCUT2D eigenvalue weighted by molar-refractivity contribution is -0.115. The van der Waals surface area contributed by atoms with E-state index in [4.69, 9.17) is 4.74 Å². The first kappa shape index (κ1) is 12.4. The van der Waals surface area contributed by atoms with Crippen molar-refractivity contribution in [2.75, 3.05) is 11.9 Å². The number of aromatic nitrogens is 2. The third kappa shape index (κ3) is 2.30. The Morgan fingerprint density at radius 2 is 2.22 bits per heavy atom. The maximum atomic E-state index is 11.4. The lowest BCUT2D eigenvalue weighted by atomic mass is 10.2. The maximum Gasteiger partial charge on any atom is 0.240 e. The number of nitrogens with one attached hydrogen (secondary N) is 1. The number of ether oxygens (including phenoxy) is 1. The highest BCUT2D eigenvalue weighted by molar-refractivity contribution is 5.94. The van der Waals surface area contributed by atoms with Gasteiger partial charge in [0, 0.05) is 19.2 Å². The minimum Gasteiger partial charge on any atom is -0.476 e. The Balaban J connectivity index is 2.42. The van der Waals surface area contributed by atoms with E-state index in [1.54, 1.807) is 4.68 Å². The van der Waals surface area contributed by atoms with Crippen LogP contribution in [0, 0.1) is 0 Å². The number of aryl methyl sites for hydroxylation is 1. The zero-order valence-electron chi connectivity index (χ0n) is 10.9. The fourth-order valence-corrected chi connectivity index (χ4v) is 1.80. The number of hydrogen-bond acceptors (Lipinski definition) is 3. The van der Waals surface area contributed by atoms with Crippen LogP contribution < -0.4 is 10.1 Å². The highest BCUT2D eigenvalue weighted by Gasteiger charge is 2.10. The van der Waals surface area contributed by atoms with Crippen LogP contribution in [0.3, 0.4) is 0 Å². The van der Waals surface area contributed by atoms with E-state index in [1.165, 1.54) is 0 Å². The molecule has 1 N–H and O–H groups in total. The normalized spacial score (nSPS) is 10.6. The Kier molecular flexibility index (Phi) is 3.50. The van der Waals surface area contributed by atoms with Crippen LogP contribution in [0.25, 0.3) is 10.9 Å². The minimum absolute atomic E-state index is 0.00352. The first-order valence-corrected chi connectivity index (χ1v) is 6.05. The summed E-state index contributed by atoms with van der Waals surface area (Å²) in [6.45, 7) is 4.31. The van der Waals surface area contributed by atoms with Crippen molar-refractivity contribution in [3.8, 4) is 5.88 Å². The fraction of sp³-hybridized carbons (Fsp3) is 0.385. The van der Waals surface area contributed by atoms with Crippen molar-refractivity contribution in [1.82, 2.24) is 9.78 Å². The van der Waals surface area contributed by atoms with Gasteiger partial charge in [-0.15, -0.1) is 5.10 Å². The van der Waals surface area contributed by atoms with Crippen LogP contribution in [0.1, 0.15) is 20.3 Å². The molecule has 1 heterocycles. The predicted molar refractivity (Wildman–Crippen MR) is 70.8 cm³/mol. The lowest BCUT2D eigenvalue weighted by Gasteiger charge is -2.04. The van der Waals surface area contributed by atoms with Gasteiger partial charge in [0.2, 0.25) is 11.8 Å². The van der Waals surface area contributed by atoms with Crippen molar-refractivity contribution in [1.29, 1.82) is 0 Å². The SMILES string of the molecule is CCOc1nn(C)c2ccc(NC(=O)CC)cc12. The molecule has 1 aromatic heterocycles. The number of carbonyl (C=O) groups excluding carboxylic acids is 1. The molecule has 1 aromatic carbocycles. The van der Waals surface area contributed by atoms with Crippen molar-refractivity contribution in [2.24, 2.45) is 7.05 Å². The number of benzene rings is 1. The van der Waals surface area contributed by atoms with Crippen LogP contribution >= 0.6 is 0 Å². The van der Waals surface area contributed by atoms with E-state index in [0.717, 1.165) is 16.6 Å². The summed E-state index contributed by atoms with van der Waals surface area (Å²) < 4.78 is 7.25. The summed E-state index contributed by atoms with van der Waals surface area (Å²) in [4.78, 5) is 11.4. The molecule has 0 aliphatic heterocycles. The van der Waals surface area contributed by atoms with E-state index in [9.17, 15) is 4.79 Å². The predicted octanol–water partition coefficient (Wildman–Crippen LogP) is 2.32. The molecular formula is C13H17N3O2. The average Bonchev–Trinajstić information content (AvgIpc) is 2.66. The van der Waals surface area contributed by atoms with Crippen molar-refractivity contribution in [2.45, 2.75) is 20.3 Å². The maximum absolute atomic E-state index is 11.4. The molecule has 96 valence electrons. The van der Waals surface area contributed by atoms with E-state index < -0.39 is 0 Å². The third-order valence-corrected chi connectivity index (χ3v) is 2.70. The van der Waals surface area contributed by atoms with Crippen molar-refractivity contribution < 1.29 is 9.53 Å². The van der Waals surface area contributed by atoms with Gasteiger partial charge in [0.05, 0.1) is 17.5 Å². The molecule has 0 atom stereocenters. The first-order chi connectivity index (χ1) is 8.65. The summed E-state index contributed by atoms with van der Waals surface area (Å²) >= 11 is 0. The van der Waals surface area contributed by atoms with E-state index in [2.05, 4.69) is 10.4 Å². The molecule has 5 heteroatoms. The van der Waals surface area contributed by atoms with Crippen LogP contribution in [-0.4, -0.2) is 22.3 Å². The fourth-order valence-electron chi connectivity index (χ4n) is 1.80. The zero-order valence-corrected chi connectivity index (χ0v) is 10.9. The summed E-state index contributed by atoms with van der Waals surface area (Å²) in [5, 5.41) is 8.04. The summed E-state index contributed by atoms with van der Waals surface area (Å²) in [5.41, 5.74) is 1.75. The van der Waals surface area contributed by atoms with Gasteiger partial charge in [-0.3, -0.25) is 9.48 Å². The van der Waals surface area contributed by atoms with Crippen LogP contribution in [-0.2, 0) is 11.8 Å². The second-order valence-electron chi connectivity index (χ2n) is 4.00. The highest BCUT2D eigenvalue weighted by atomic mass is 16.5. The Labute approximate surface area is 106 Å². The van der Waals surface area contributed by atoms with Gasteiger partial charge in [0.15, 0.2) is 0 Å². The van der Waals surface area contributed by atoms with Gasteiger partial charge in [0.25, 0.3) is 0 Å². The summed E-state index contributed by atoms with van der Waals surface area (Å²) in [6.07, 6.45) is 0.462. The second kappa shape index (κ2) is 5.08. The number of amides is 1. The summed E-state index contributed by atoms with van der Waals surface area (Å²) in [5.74, 6) is 0.596. The standard InChI is InChI=1S/C13H17N3O2/c1-4-12(17)14-9-6-7-11-10(8-9)13(18-5-2)15-16(11)3/h6-8H,4-5H2,1-3H3,(H,14,17). The molecule has 1 amide bonds. The molecule has 0 aliphatic carbocycles. The summed E-state index contributed by atoms with van der Waals surface area (Å²) in [7, 11) is 1.87. The van der Waals surface area contributed by atoms with Gasteiger partial charge in [-0.05, 0) is 25.1 Å². The van der Waals surface area contributed by atoms with Gasteiger partial charge >= 0.3 is 0 Å². The van der Waals surface area contributed by atoms with Crippen LogP contribution in [0.5, 0.6) is 5.88 Å². The van der Waals surface area contributed by atoms with E-state index in [0.29, 0.717) is 18.9 Å². The Hall–Kier alpha value is -2.04. The largest absolute Gasteiger partial charge is 0.476 e. The van der Waals surface area contributed by atoms with Crippen LogP contribution in [0.15, 0.2) is 18.2 Å². The van der Waals surface area contributed by atoms with Crippen molar-refractivity contribution in [3.63, 3.8) is 0 Å². The van der Waals surface area contributed by atoms with Gasteiger partial charge in [-0.25, -0.2) is 0 Å². The molecule has 0 saturated heterocycles. The summed E-state index contributed by atoms with van der Waals surface area (Å²) in [6, 6.07) is 5.68. The van der Waals surface area contributed by atoms with E-state index in [-0.39, 0.29) is 5.91 Å². The van der Waals surface area contributed by atoms with Gasteiger partial charge in [-0.1, -0.05) is 6.92 Å². The number of nitrogens with zero attached hydrogens (tertiary/aromatic N) is 2. The van der Waals surface area contributed by atoms with Crippen LogP contribution in [0.4, 0.5) is 5.69 Å². The van der Waals surface area contributed by atoms with Gasteiger partial charge in [-0.2, -0.15) is 0 Å². The van der Waals surface area contributed by atoms with Gasteiger partial charge in [0.1, 0.15) is 0 Å². The van der Waals surface area contributed by atoms with Gasteiger partial charge < -0.3 is 10.1 Å². The number of anilines is 1. The molecule has 0 spiro atoms. The molecule has 0 radical (unpaired) electrons. The third-order valence-electron chi connectivity index (χ3n) is 2.70. The van der Waals surface area contributed by atoms with Crippen molar-refractivity contribution >= 4 is 22.5 Å². The van der Waals surface area contributed by atoms with E-state index in [1.807, 2.05) is 39.1 Å².